The Morgan fingerprint density at radius 3 is 2.28 bits per heavy atom. The number of carbonyl (C=O) groups excluding carboxylic acids is 2. The normalized spacial score (nSPS) is 11.8. The molecule has 0 saturated heterocycles. The van der Waals surface area contributed by atoms with Crippen molar-refractivity contribution in [3.63, 3.8) is 0 Å². The summed E-state index contributed by atoms with van der Waals surface area (Å²) >= 11 is 0. The molecule has 0 bridgehead atoms. The smallest absolute Gasteiger partial charge is 0.243 e. The third kappa shape index (κ3) is 6.34. The van der Waals surface area contributed by atoms with Gasteiger partial charge in [0.25, 0.3) is 0 Å². The summed E-state index contributed by atoms with van der Waals surface area (Å²) in [5.41, 5.74) is 3.05. The van der Waals surface area contributed by atoms with E-state index >= 15 is 0 Å². The van der Waals surface area contributed by atoms with Crippen LogP contribution >= 0.6 is 0 Å². The number of nitrogens with one attached hydrogen (secondary N) is 1. The van der Waals surface area contributed by atoms with Gasteiger partial charge in [-0.3, -0.25) is 9.59 Å². The van der Waals surface area contributed by atoms with Gasteiger partial charge in [-0.2, -0.15) is 0 Å². The zero-order chi connectivity index (χ0) is 21.4. The maximum Gasteiger partial charge on any atom is 0.243 e. The highest BCUT2D eigenvalue weighted by molar-refractivity contribution is 5.88. The predicted molar refractivity (Wildman–Crippen MR) is 116 cm³/mol. The van der Waals surface area contributed by atoms with Crippen molar-refractivity contribution < 1.29 is 14.3 Å². The van der Waals surface area contributed by atoms with E-state index in [1.807, 2.05) is 76.2 Å². The summed E-state index contributed by atoms with van der Waals surface area (Å²) in [6, 6.07) is 14.9. The van der Waals surface area contributed by atoms with Crippen molar-refractivity contribution in [1.82, 2.24) is 10.2 Å². The number of hydrogen-bond donors (Lipinski definition) is 1. The largest absolute Gasteiger partial charge is 0.497 e. The van der Waals surface area contributed by atoms with Gasteiger partial charge < -0.3 is 15.0 Å². The van der Waals surface area contributed by atoms with Gasteiger partial charge in [0.05, 0.1) is 13.5 Å². The van der Waals surface area contributed by atoms with Crippen molar-refractivity contribution in [1.29, 1.82) is 0 Å². The first-order chi connectivity index (χ1) is 13.8. The predicted octanol–water partition coefficient (Wildman–Crippen LogP) is 3.88. The fourth-order valence-electron chi connectivity index (χ4n) is 3.29. The molecule has 5 heteroatoms. The van der Waals surface area contributed by atoms with Gasteiger partial charge in [0.15, 0.2) is 0 Å². The summed E-state index contributed by atoms with van der Waals surface area (Å²) in [4.78, 5) is 27.8. The molecule has 2 aromatic rings. The molecule has 0 fully saturated rings. The fourth-order valence-corrected chi connectivity index (χ4v) is 3.29. The average Bonchev–Trinajstić information content (AvgIpc) is 2.69. The van der Waals surface area contributed by atoms with Crippen molar-refractivity contribution in [3.8, 4) is 5.75 Å². The van der Waals surface area contributed by atoms with Crippen LogP contribution in [0, 0.1) is 6.92 Å². The molecule has 1 N–H and O–H groups in total. The van der Waals surface area contributed by atoms with Gasteiger partial charge in [0.2, 0.25) is 11.8 Å². The molecular weight excluding hydrogens is 364 g/mol. The lowest BCUT2D eigenvalue weighted by Crippen LogP contribution is -2.50. The van der Waals surface area contributed by atoms with Gasteiger partial charge in [-0.25, -0.2) is 0 Å². The Hall–Kier alpha value is -2.82. The third-order valence-corrected chi connectivity index (χ3v) is 4.93. The van der Waals surface area contributed by atoms with Gasteiger partial charge in [-0.05, 0) is 56.0 Å². The Morgan fingerprint density at radius 2 is 1.72 bits per heavy atom. The first-order valence-corrected chi connectivity index (χ1v) is 10.1. The lowest BCUT2D eigenvalue weighted by atomic mass is 10.0. The van der Waals surface area contributed by atoms with Crippen molar-refractivity contribution in [3.05, 3.63) is 65.2 Å². The molecule has 5 nitrogen and oxygen atoms in total. The Bertz CT molecular complexity index is 815. The molecule has 0 heterocycles. The quantitative estimate of drug-likeness (QED) is 0.700. The molecule has 0 radical (unpaired) electrons. The summed E-state index contributed by atoms with van der Waals surface area (Å²) < 4.78 is 5.19. The highest BCUT2D eigenvalue weighted by atomic mass is 16.5. The van der Waals surface area contributed by atoms with Crippen LogP contribution < -0.4 is 10.1 Å². The minimum absolute atomic E-state index is 0.0218. The number of benzene rings is 2. The first kappa shape index (κ1) is 22.5. The molecule has 0 aliphatic carbocycles. The van der Waals surface area contributed by atoms with Gasteiger partial charge in [0, 0.05) is 12.6 Å². The van der Waals surface area contributed by atoms with E-state index in [2.05, 4.69) is 5.32 Å². The molecule has 0 aliphatic heterocycles. The molecule has 156 valence electrons. The van der Waals surface area contributed by atoms with Gasteiger partial charge >= 0.3 is 0 Å². The van der Waals surface area contributed by atoms with Gasteiger partial charge in [-0.15, -0.1) is 0 Å². The first-order valence-electron chi connectivity index (χ1n) is 10.1. The summed E-state index contributed by atoms with van der Waals surface area (Å²) in [7, 11) is 1.61. The zero-order valence-corrected chi connectivity index (χ0v) is 18.1. The van der Waals surface area contributed by atoms with Crippen LogP contribution in [0.25, 0.3) is 0 Å². The SMILES string of the molecule is CC[C@@H](C(=O)NC(C)C)N(Cc1ccccc1C)C(=O)Cc1ccc(OC)cc1. The van der Waals surface area contributed by atoms with Crippen molar-refractivity contribution in [2.24, 2.45) is 0 Å². The van der Waals surface area contributed by atoms with Gasteiger partial charge in [-0.1, -0.05) is 43.3 Å². The van der Waals surface area contributed by atoms with E-state index in [4.69, 9.17) is 4.74 Å². The highest BCUT2D eigenvalue weighted by Gasteiger charge is 2.29. The van der Waals surface area contributed by atoms with Crippen molar-refractivity contribution in [2.45, 2.75) is 59.2 Å². The second-order valence-electron chi connectivity index (χ2n) is 7.56. The van der Waals surface area contributed by atoms with Crippen LogP contribution in [0.1, 0.15) is 43.9 Å². The molecule has 29 heavy (non-hydrogen) atoms. The molecule has 1 atom stereocenters. The number of rotatable bonds is 9. The lowest BCUT2D eigenvalue weighted by Gasteiger charge is -2.31. The molecule has 2 rings (SSSR count). The number of methoxy groups -OCH3 is 1. The second kappa shape index (κ2) is 10.6. The summed E-state index contributed by atoms with van der Waals surface area (Å²) in [6.45, 7) is 8.23. The topological polar surface area (TPSA) is 58.6 Å². The Kier molecular flexibility index (Phi) is 8.25. The fraction of sp³-hybridized carbons (Fsp3) is 0.417. The van der Waals surface area contributed by atoms with E-state index in [9.17, 15) is 9.59 Å². The van der Waals surface area contributed by atoms with Crippen LogP contribution in [-0.2, 0) is 22.6 Å². The van der Waals surface area contributed by atoms with Crippen molar-refractivity contribution >= 4 is 11.8 Å². The van der Waals surface area contributed by atoms with E-state index in [0.717, 1.165) is 22.4 Å². The summed E-state index contributed by atoms with van der Waals surface area (Å²) in [5, 5.41) is 2.96. The molecule has 0 unspecified atom stereocenters. The maximum atomic E-state index is 13.3. The monoisotopic (exact) mass is 396 g/mol. The third-order valence-electron chi connectivity index (χ3n) is 4.93. The molecule has 0 spiro atoms. The summed E-state index contributed by atoms with van der Waals surface area (Å²) in [6.07, 6.45) is 0.792. The van der Waals surface area contributed by atoms with Crippen molar-refractivity contribution in [2.75, 3.05) is 7.11 Å². The van der Waals surface area contributed by atoms with Crippen LogP contribution in [0.2, 0.25) is 0 Å². The van der Waals surface area contributed by atoms with Crippen LogP contribution in [0.5, 0.6) is 5.75 Å². The van der Waals surface area contributed by atoms with E-state index in [-0.39, 0.29) is 24.3 Å². The average molecular weight is 397 g/mol. The molecule has 0 aromatic heterocycles. The number of ether oxygens (including phenoxy) is 1. The molecule has 2 aromatic carbocycles. The van der Waals surface area contributed by atoms with Crippen LogP contribution in [-0.4, -0.2) is 35.9 Å². The van der Waals surface area contributed by atoms with E-state index in [1.54, 1.807) is 12.0 Å². The zero-order valence-electron chi connectivity index (χ0n) is 18.1. The molecular formula is C24H32N2O3. The lowest BCUT2D eigenvalue weighted by molar-refractivity contribution is -0.141. The van der Waals surface area contributed by atoms with E-state index in [0.29, 0.717) is 13.0 Å². The van der Waals surface area contributed by atoms with E-state index in [1.165, 1.54) is 0 Å². The molecule has 0 aliphatic rings. The Labute approximate surface area is 174 Å². The number of carbonyl (C=O) groups is 2. The number of aryl methyl sites for hydroxylation is 1. The standard InChI is InChI=1S/C24H32N2O3/c1-6-22(24(28)25-17(2)3)26(16-20-10-8-7-9-18(20)4)23(27)15-19-11-13-21(29-5)14-12-19/h7-14,17,22H,6,15-16H2,1-5H3,(H,25,28)/t22-/m0/s1. The van der Waals surface area contributed by atoms with Gasteiger partial charge in [0.1, 0.15) is 11.8 Å². The highest BCUT2D eigenvalue weighted by Crippen LogP contribution is 2.18. The Morgan fingerprint density at radius 1 is 1.07 bits per heavy atom. The van der Waals surface area contributed by atoms with Crippen LogP contribution in [0.4, 0.5) is 0 Å². The minimum Gasteiger partial charge on any atom is -0.497 e. The van der Waals surface area contributed by atoms with E-state index < -0.39 is 6.04 Å². The number of amides is 2. The second-order valence-corrected chi connectivity index (χ2v) is 7.56. The van der Waals surface area contributed by atoms with Crippen LogP contribution in [0.15, 0.2) is 48.5 Å². The summed E-state index contributed by atoms with van der Waals surface area (Å²) in [5.74, 6) is 0.573. The maximum absolute atomic E-state index is 13.3. The van der Waals surface area contributed by atoms with Crippen LogP contribution in [0.3, 0.4) is 0 Å². The molecule has 2 amide bonds. The molecule has 0 saturated carbocycles. The minimum atomic E-state index is -0.511. The number of nitrogens with zero attached hydrogens (tertiary/aromatic N) is 1. The number of hydrogen-bond acceptors (Lipinski definition) is 3. The Balaban J connectivity index is 2.29.